The lowest BCUT2D eigenvalue weighted by Gasteiger charge is -2.04. The molecule has 1 aromatic carbocycles. The Kier molecular flexibility index (Phi) is 3.59. The third-order valence-corrected chi connectivity index (χ3v) is 3.59. The molecule has 0 aliphatic carbocycles. The van der Waals surface area contributed by atoms with Crippen LogP contribution in [0.25, 0.3) is 11.1 Å². The van der Waals surface area contributed by atoms with Crippen molar-refractivity contribution in [2.45, 2.75) is 6.54 Å². The lowest BCUT2D eigenvalue weighted by Crippen LogP contribution is -2.15. The molecule has 9 heteroatoms. The van der Waals surface area contributed by atoms with Crippen molar-refractivity contribution in [3.05, 3.63) is 66.9 Å². The predicted molar refractivity (Wildman–Crippen MR) is 80.5 cm³/mol. The number of nitro benzene ring substituents is 1. The number of halogens is 2. The maximum absolute atomic E-state index is 11.9. The molecule has 0 radical (unpaired) electrons. The summed E-state index contributed by atoms with van der Waals surface area (Å²) in [6.45, 7) is 0.0691. The van der Waals surface area contributed by atoms with E-state index in [0.29, 0.717) is 21.3 Å². The van der Waals surface area contributed by atoms with Crippen LogP contribution in [-0.4, -0.2) is 14.5 Å². The highest BCUT2D eigenvalue weighted by molar-refractivity contribution is 6.34. The molecule has 0 aliphatic rings. The van der Waals surface area contributed by atoms with Crippen molar-refractivity contribution in [1.82, 2.24) is 9.55 Å². The van der Waals surface area contributed by atoms with Crippen LogP contribution >= 0.6 is 23.2 Å². The summed E-state index contributed by atoms with van der Waals surface area (Å²) in [6, 6.07) is 5.46. The van der Waals surface area contributed by atoms with Crippen molar-refractivity contribution >= 4 is 40.0 Å². The number of oxazole rings is 1. The van der Waals surface area contributed by atoms with Gasteiger partial charge in [0.2, 0.25) is 0 Å². The van der Waals surface area contributed by atoms with Gasteiger partial charge in [-0.15, -0.1) is 0 Å². The molecule has 0 saturated heterocycles. The van der Waals surface area contributed by atoms with E-state index in [1.165, 1.54) is 35.0 Å². The Morgan fingerprint density at radius 1 is 1.32 bits per heavy atom. The summed E-state index contributed by atoms with van der Waals surface area (Å²) in [5, 5.41) is 11.4. The summed E-state index contributed by atoms with van der Waals surface area (Å²) in [7, 11) is 0. The SMILES string of the molecule is O=c1oc2cc([N+](=O)[O-])ccc2n1Cc1ncc(Cl)cc1Cl. The zero-order valence-corrected chi connectivity index (χ0v) is 12.3. The Labute approximate surface area is 132 Å². The minimum atomic E-state index is -0.650. The zero-order chi connectivity index (χ0) is 15.9. The number of pyridine rings is 1. The standard InChI is InChI=1S/C13H7Cl2N3O4/c14-7-3-9(15)10(16-5-7)6-17-11-2-1-8(18(20)21)4-12(11)22-13(17)19/h1-5H,6H2. The first-order valence-electron chi connectivity index (χ1n) is 6.03. The summed E-state index contributed by atoms with van der Waals surface area (Å²) in [5.74, 6) is -0.650. The lowest BCUT2D eigenvalue weighted by atomic mass is 10.3. The van der Waals surface area contributed by atoms with Gasteiger partial charge in [0.1, 0.15) is 0 Å². The van der Waals surface area contributed by atoms with Gasteiger partial charge in [-0.1, -0.05) is 23.2 Å². The van der Waals surface area contributed by atoms with Crippen molar-refractivity contribution < 1.29 is 9.34 Å². The smallest absolute Gasteiger partial charge is 0.407 e. The van der Waals surface area contributed by atoms with E-state index in [9.17, 15) is 14.9 Å². The number of nitrogens with zero attached hydrogens (tertiary/aromatic N) is 3. The second-order valence-electron chi connectivity index (χ2n) is 4.45. The lowest BCUT2D eigenvalue weighted by molar-refractivity contribution is -0.384. The second-order valence-corrected chi connectivity index (χ2v) is 5.29. The third-order valence-electron chi connectivity index (χ3n) is 3.05. The molecule has 3 rings (SSSR count). The molecule has 0 amide bonds. The number of non-ortho nitro benzene ring substituents is 1. The number of benzene rings is 1. The Bertz CT molecular complexity index is 948. The van der Waals surface area contributed by atoms with Gasteiger partial charge in [0.15, 0.2) is 5.58 Å². The minimum Gasteiger partial charge on any atom is -0.407 e. The van der Waals surface area contributed by atoms with E-state index in [0.717, 1.165) is 0 Å². The molecule has 0 fully saturated rings. The molecular formula is C13H7Cl2N3O4. The van der Waals surface area contributed by atoms with Gasteiger partial charge in [-0.3, -0.25) is 19.7 Å². The van der Waals surface area contributed by atoms with Crippen LogP contribution in [-0.2, 0) is 6.54 Å². The molecule has 0 saturated carbocycles. The summed E-state index contributed by atoms with van der Waals surface area (Å²) in [5.41, 5.74) is 0.831. The molecule has 2 heterocycles. The van der Waals surface area contributed by atoms with Crippen molar-refractivity contribution in [2.24, 2.45) is 0 Å². The molecular weight excluding hydrogens is 333 g/mol. The first-order valence-corrected chi connectivity index (χ1v) is 6.79. The molecule has 2 aromatic heterocycles. The molecule has 0 bridgehead atoms. The van der Waals surface area contributed by atoms with Crippen molar-refractivity contribution in [3.8, 4) is 0 Å². The highest BCUT2D eigenvalue weighted by atomic mass is 35.5. The van der Waals surface area contributed by atoms with E-state index in [2.05, 4.69) is 4.98 Å². The van der Waals surface area contributed by atoms with Crippen molar-refractivity contribution in [2.75, 3.05) is 0 Å². The highest BCUT2D eigenvalue weighted by Crippen LogP contribution is 2.23. The summed E-state index contributed by atoms with van der Waals surface area (Å²) in [4.78, 5) is 26.2. The summed E-state index contributed by atoms with van der Waals surface area (Å²) >= 11 is 11.8. The van der Waals surface area contributed by atoms with E-state index in [1.54, 1.807) is 0 Å². The van der Waals surface area contributed by atoms with E-state index in [4.69, 9.17) is 27.6 Å². The molecule has 0 atom stereocenters. The number of hydrogen-bond donors (Lipinski definition) is 0. The van der Waals surface area contributed by atoms with E-state index < -0.39 is 10.7 Å². The number of rotatable bonds is 3. The topological polar surface area (TPSA) is 91.2 Å². The molecule has 112 valence electrons. The molecule has 0 unspecified atom stereocenters. The average Bonchev–Trinajstić information content (AvgIpc) is 2.77. The van der Waals surface area contributed by atoms with Gasteiger partial charge >= 0.3 is 5.76 Å². The van der Waals surface area contributed by atoms with E-state index in [-0.39, 0.29) is 17.8 Å². The monoisotopic (exact) mass is 339 g/mol. The maximum atomic E-state index is 11.9. The normalized spacial score (nSPS) is 11.0. The van der Waals surface area contributed by atoms with E-state index in [1.807, 2.05) is 0 Å². The maximum Gasteiger partial charge on any atom is 0.420 e. The van der Waals surface area contributed by atoms with Crippen LogP contribution in [0.2, 0.25) is 10.0 Å². The first-order chi connectivity index (χ1) is 10.5. The Morgan fingerprint density at radius 3 is 2.77 bits per heavy atom. The van der Waals surface area contributed by atoms with Gasteiger partial charge in [-0.25, -0.2) is 4.79 Å². The molecule has 7 nitrogen and oxygen atoms in total. The summed E-state index contributed by atoms with van der Waals surface area (Å²) < 4.78 is 6.32. The number of hydrogen-bond acceptors (Lipinski definition) is 5. The zero-order valence-electron chi connectivity index (χ0n) is 10.8. The number of nitro groups is 1. The first kappa shape index (κ1) is 14.6. The van der Waals surface area contributed by atoms with Gasteiger partial charge < -0.3 is 4.42 Å². The van der Waals surface area contributed by atoms with Crippen LogP contribution in [0.5, 0.6) is 0 Å². The van der Waals surface area contributed by atoms with Gasteiger partial charge in [-0.05, 0) is 12.1 Å². The fourth-order valence-electron chi connectivity index (χ4n) is 2.03. The predicted octanol–water partition coefficient (Wildman–Crippen LogP) is 3.25. The van der Waals surface area contributed by atoms with Gasteiger partial charge in [0, 0.05) is 12.3 Å². The van der Waals surface area contributed by atoms with Crippen LogP contribution in [0, 0.1) is 10.1 Å². The highest BCUT2D eigenvalue weighted by Gasteiger charge is 2.15. The Balaban J connectivity index is 2.09. The second kappa shape index (κ2) is 5.43. The van der Waals surface area contributed by atoms with Crippen molar-refractivity contribution in [3.63, 3.8) is 0 Å². The molecule has 3 aromatic rings. The molecule has 0 aliphatic heterocycles. The molecule has 0 spiro atoms. The molecule has 22 heavy (non-hydrogen) atoms. The average molecular weight is 340 g/mol. The Morgan fingerprint density at radius 2 is 2.09 bits per heavy atom. The van der Waals surface area contributed by atoms with Crippen LogP contribution in [0.4, 0.5) is 5.69 Å². The van der Waals surface area contributed by atoms with E-state index >= 15 is 0 Å². The third kappa shape index (κ3) is 2.56. The fraction of sp³-hybridized carbons (Fsp3) is 0.0769. The van der Waals surface area contributed by atoms with Crippen LogP contribution in [0.15, 0.2) is 39.7 Å². The quantitative estimate of drug-likeness (QED) is 0.539. The van der Waals surface area contributed by atoms with Crippen molar-refractivity contribution in [1.29, 1.82) is 0 Å². The molecule has 0 N–H and O–H groups in total. The number of aromatic nitrogens is 2. The fourth-order valence-corrected chi connectivity index (χ4v) is 2.47. The van der Waals surface area contributed by atoms with Crippen LogP contribution in [0.3, 0.4) is 0 Å². The minimum absolute atomic E-state index is 0.0691. The van der Waals surface area contributed by atoms with Gasteiger partial charge in [-0.2, -0.15) is 0 Å². The van der Waals surface area contributed by atoms with Crippen LogP contribution in [0.1, 0.15) is 5.69 Å². The number of fused-ring (bicyclic) bond motifs is 1. The van der Waals surface area contributed by atoms with Crippen LogP contribution < -0.4 is 5.76 Å². The largest absolute Gasteiger partial charge is 0.420 e. The summed E-state index contributed by atoms with van der Waals surface area (Å²) in [6.07, 6.45) is 1.42. The van der Waals surface area contributed by atoms with Gasteiger partial charge in [0.25, 0.3) is 5.69 Å². The van der Waals surface area contributed by atoms with Gasteiger partial charge in [0.05, 0.1) is 38.8 Å². The Hall–Kier alpha value is -2.38.